The quantitative estimate of drug-likeness (QED) is 0.775. The number of nitrogens with two attached hydrogens (primary N) is 1. The number of amides is 1. The number of rotatable bonds is 5. The number of halogens is 5. The molecule has 2 aliphatic rings. The highest BCUT2D eigenvalue weighted by Gasteiger charge is 2.43. The Hall–Kier alpha value is -1.61. The minimum Gasteiger partial charge on any atom is -0.471 e. The number of alkyl halides is 4. The molecule has 3 rings (SSSR count). The van der Waals surface area contributed by atoms with Crippen molar-refractivity contribution in [3.63, 3.8) is 0 Å². The van der Waals surface area contributed by atoms with Crippen molar-refractivity contribution in [1.82, 2.24) is 9.88 Å². The average Bonchev–Trinajstić information content (AvgIpc) is 3.15. The largest absolute Gasteiger partial charge is 0.471 e. The molecule has 1 saturated carbocycles. The van der Waals surface area contributed by atoms with Crippen LogP contribution in [0.15, 0.2) is 18.3 Å². The maximum Gasteiger partial charge on any atom is 0.340 e. The molecule has 5 nitrogen and oxygen atoms in total. The fourth-order valence-electron chi connectivity index (χ4n) is 3.48. The topological polar surface area (TPSA) is 68.5 Å². The van der Waals surface area contributed by atoms with Gasteiger partial charge in [0.05, 0.1) is 5.56 Å². The van der Waals surface area contributed by atoms with Crippen LogP contribution in [0.3, 0.4) is 0 Å². The van der Waals surface area contributed by atoms with Gasteiger partial charge in [-0.3, -0.25) is 4.79 Å². The van der Waals surface area contributed by atoms with Crippen LogP contribution in [0, 0.1) is 11.8 Å². The Morgan fingerprint density at radius 1 is 1.35 bits per heavy atom. The molecule has 3 atom stereocenters. The van der Waals surface area contributed by atoms with Crippen LogP contribution in [0.25, 0.3) is 0 Å². The van der Waals surface area contributed by atoms with Crippen molar-refractivity contribution in [2.24, 2.45) is 17.6 Å². The van der Waals surface area contributed by atoms with Crippen LogP contribution in [-0.4, -0.2) is 53.9 Å². The second kappa shape index (κ2) is 7.96. The van der Waals surface area contributed by atoms with E-state index in [0.29, 0.717) is 30.5 Å². The Balaban J connectivity index is 0.00000243. The van der Waals surface area contributed by atoms with Gasteiger partial charge in [-0.1, -0.05) is 0 Å². The summed E-state index contributed by atoms with van der Waals surface area (Å²) < 4.78 is 54.4. The van der Waals surface area contributed by atoms with Crippen LogP contribution >= 0.6 is 12.4 Å². The molecular formula is C16H20ClF4N3O2. The zero-order valence-electron chi connectivity index (χ0n) is 13.8. The predicted octanol–water partition coefficient (Wildman–Crippen LogP) is 2.59. The number of carbonyl (C=O) groups is 1. The Morgan fingerprint density at radius 3 is 2.65 bits per heavy atom. The summed E-state index contributed by atoms with van der Waals surface area (Å²) in [6.45, 7) is -0.224. The van der Waals surface area contributed by atoms with E-state index in [9.17, 15) is 22.4 Å². The van der Waals surface area contributed by atoms with Crippen molar-refractivity contribution in [3.05, 3.63) is 23.9 Å². The molecule has 2 N–H and O–H groups in total. The van der Waals surface area contributed by atoms with Gasteiger partial charge in [0.15, 0.2) is 6.61 Å². The van der Waals surface area contributed by atoms with E-state index in [2.05, 4.69) is 9.72 Å². The summed E-state index contributed by atoms with van der Waals surface area (Å²) in [6, 6.07) is 2.73. The molecule has 1 saturated heterocycles. The standard InChI is InChI=1S/C16H19F4N3O2.ClH/c17-15(18)16(19,20)8-25-13-4-2-9(5-22-13)14(24)23-6-10-1-3-12(21)11(10)7-23;/h2,4-5,10-12,15H,1,3,6-8,21H2;1H. The Morgan fingerprint density at radius 2 is 2.08 bits per heavy atom. The molecule has 0 aromatic carbocycles. The fourth-order valence-corrected chi connectivity index (χ4v) is 3.48. The summed E-state index contributed by atoms with van der Waals surface area (Å²) in [5.74, 6) is -3.96. The van der Waals surface area contributed by atoms with Gasteiger partial charge in [-0.15, -0.1) is 12.4 Å². The third-order valence-electron chi connectivity index (χ3n) is 4.91. The highest BCUT2D eigenvalue weighted by molar-refractivity contribution is 5.94. The molecule has 0 bridgehead atoms. The van der Waals surface area contributed by atoms with E-state index in [4.69, 9.17) is 5.73 Å². The number of fused-ring (bicyclic) bond motifs is 1. The van der Waals surface area contributed by atoms with E-state index in [1.165, 1.54) is 18.3 Å². The molecule has 0 spiro atoms. The molecule has 2 fully saturated rings. The van der Waals surface area contributed by atoms with Gasteiger partial charge >= 0.3 is 12.3 Å². The molecule has 146 valence electrons. The van der Waals surface area contributed by atoms with Gasteiger partial charge in [0, 0.05) is 31.4 Å². The monoisotopic (exact) mass is 397 g/mol. The van der Waals surface area contributed by atoms with Gasteiger partial charge in [0.1, 0.15) is 0 Å². The molecule has 2 heterocycles. The van der Waals surface area contributed by atoms with Crippen molar-refractivity contribution in [2.75, 3.05) is 19.7 Å². The first-order chi connectivity index (χ1) is 11.8. The average molecular weight is 398 g/mol. The first-order valence-electron chi connectivity index (χ1n) is 8.07. The Bertz CT molecular complexity index is 632. The van der Waals surface area contributed by atoms with Crippen LogP contribution in [0.5, 0.6) is 5.88 Å². The third kappa shape index (κ3) is 4.20. The number of hydrogen-bond donors (Lipinski definition) is 1. The number of likely N-dealkylation sites (tertiary alicyclic amines) is 1. The van der Waals surface area contributed by atoms with Gasteiger partial charge in [0.25, 0.3) is 5.91 Å². The minimum absolute atomic E-state index is 0. The second-order valence-electron chi connectivity index (χ2n) is 6.61. The number of ether oxygens (including phenoxy) is 1. The van der Waals surface area contributed by atoms with E-state index in [1.807, 2.05) is 0 Å². The number of aromatic nitrogens is 1. The molecule has 1 aliphatic heterocycles. The molecule has 1 aromatic heterocycles. The number of pyridine rings is 1. The van der Waals surface area contributed by atoms with Crippen molar-refractivity contribution in [1.29, 1.82) is 0 Å². The van der Waals surface area contributed by atoms with Crippen LogP contribution in [-0.2, 0) is 0 Å². The summed E-state index contributed by atoms with van der Waals surface area (Å²) in [5.41, 5.74) is 6.34. The number of hydrogen-bond acceptors (Lipinski definition) is 4. The fraction of sp³-hybridized carbons (Fsp3) is 0.625. The summed E-state index contributed by atoms with van der Waals surface area (Å²) in [5, 5.41) is 0. The van der Waals surface area contributed by atoms with Gasteiger partial charge in [-0.05, 0) is 30.7 Å². The maximum absolute atomic E-state index is 12.8. The molecular weight excluding hydrogens is 378 g/mol. The second-order valence-corrected chi connectivity index (χ2v) is 6.61. The molecule has 1 aromatic rings. The summed E-state index contributed by atoms with van der Waals surface area (Å²) in [4.78, 5) is 18.0. The van der Waals surface area contributed by atoms with Crippen molar-refractivity contribution in [2.45, 2.75) is 31.2 Å². The van der Waals surface area contributed by atoms with E-state index >= 15 is 0 Å². The lowest BCUT2D eigenvalue weighted by molar-refractivity contribution is -0.148. The molecule has 26 heavy (non-hydrogen) atoms. The molecule has 1 amide bonds. The Kier molecular flexibility index (Phi) is 6.33. The predicted molar refractivity (Wildman–Crippen MR) is 88.0 cm³/mol. The van der Waals surface area contributed by atoms with Crippen LogP contribution in [0.2, 0.25) is 0 Å². The van der Waals surface area contributed by atoms with Crippen molar-refractivity contribution in [3.8, 4) is 5.88 Å². The molecule has 1 aliphatic carbocycles. The number of carbonyl (C=O) groups excluding carboxylic acids is 1. The Labute approximate surface area is 154 Å². The van der Waals surface area contributed by atoms with E-state index in [0.717, 1.165) is 12.8 Å². The lowest BCUT2D eigenvalue weighted by atomic mass is 9.98. The molecule has 10 heteroatoms. The zero-order chi connectivity index (χ0) is 18.2. The highest BCUT2D eigenvalue weighted by Crippen LogP contribution is 2.37. The van der Waals surface area contributed by atoms with Gasteiger partial charge in [0.2, 0.25) is 5.88 Å². The summed E-state index contributed by atoms with van der Waals surface area (Å²) in [7, 11) is 0. The molecule has 3 unspecified atom stereocenters. The van der Waals surface area contributed by atoms with Gasteiger partial charge in [-0.25, -0.2) is 13.8 Å². The maximum atomic E-state index is 12.8. The first-order valence-corrected chi connectivity index (χ1v) is 8.07. The summed E-state index contributed by atoms with van der Waals surface area (Å²) >= 11 is 0. The van der Waals surface area contributed by atoms with E-state index in [1.54, 1.807) is 4.90 Å². The minimum atomic E-state index is -4.25. The van der Waals surface area contributed by atoms with E-state index in [-0.39, 0.29) is 30.2 Å². The number of nitrogens with zero attached hydrogens (tertiary/aromatic N) is 2. The lowest BCUT2D eigenvalue weighted by Gasteiger charge is -2.19. The lowest BCUT2D eigenvalue weighted by Crippen LogP contribution is -2.34. The SMILES string of the molecule is Cl.NC1CCC2CN(C(=O)c3ccc(OCC(F)(F)C(F)F)nc3)CC12. The normalized spacial score (nSPS) is 25.2. The first kappa shape index (κ1) is 20.7. The highest BCUT2D eigenvalue weighted by atomic mass is 35.5. The van der Waals surface area contributed by atoms with E-state index < -0.39 is 19.0 Å². The zero-order valence-corrected chi connectivity index (χ0v) is 14.6. The van der Waals surface area contributed by atoms with Gasteiger partial charge in [-0.2, -0.15) is 8.78 Å². The van der Waals surface area contributed by atoms with Crippen LogP contribution in [0.4, 0.5) is 17.6 Å². The smallest absolute Gasteiger partial charge is 0.340 e. The third-order valence-corrected chi connectivity index (χ3v) is 4.91. The van der Waals surface area contributed by atoms with Crippen LogP contribution in [0.1, 0.15) is 23.2 Å². The summed E-state index contributed by atoms with van der Waals surface area (Å²) in [6.07, 6.45) is -0.617. The van der Waals surface area contributed by atoms with Crippen molar-refractivity contribution >= 4 is 18.3 Å². The van der Waals surface area contributed by atoms with Crippen LogP contribution < -0.4 is 10.5 Å². The molecule has 0 radical (unpaired) electrons. The van der Waals surface area contributed by atoms with Crippen molar-refractivity contribution < 1.29 is 27.1 Å². The van der Waals surface area contributed by atoms with Gasteiger partial charge < -0.3 is 15.4 Å².